The molecule has 1 aromatic rings. The molecule has 1 aliphatic heterocycles. The fourth-order valence-corrected chi connectivity index (χ4v) is 3.40. The summed E-state index contributed by atoms with van der Waals surface area (Å²) in [5.41, 5.74) is 0. The minimum Gasteiger partial charge on any atom is -0.312 e. The summed E-state index contributed by atoms with van der Waals surface area (Å²) in [4.78, 5) is 8.51. The van der Waals surface area contributed by atoms with Gasteiger partial charge in [0, 0.05) is 35.6 Å². The molecule has 0 amide bonds. The van der Waals surface area contributed by atoms with Gasteiger partial charge in [-0.2, -0.15) is 0 Å². The van der Waals surface area contributed by atoms with Gasteiger partial charge in [-0.25, -0.2) is 4.98 Å². The highest BCUT2D eigenvalue weighted by Crippen LogP contribution is 2.32. The van der Waals surface area contributed by atoms with Gasteiger partial charge in [-0.1, -0.05) is 0 Å². The van der Waals surface area contributed by atoms with Gasteiger partial charge in [-0.05, 0) is 40.8 Å². The average Bonchev–Trinajstić information content (AvgIpc) is 2.95. The van der Waals surface area contributed by atoms with Gasteiger partial charge in [0.2, 0.25) is 0 Å². The maximum Gasteiger partial charge on any atom is 0.0972 e. The summed E-state index contributed by atoms with van der Waals surface area (Å²) in [6.45, 7) is 9.14. The molecule has 2 atom stereocenters. The van der Waals surface area contributed by atoms with Crippen molar-refractivity contribution in [2.45, 2.75) is 45.2 Å². The molecule has 96 valence electrons. The van der Waals surface area contributed by atoms with Crippen LogP contribution in [0.25, 0.3) is 0 Å². The van der Waals surface area contributed by atoms with Crippen molar-refractivity contribution in [1.29, 1.82) is 0 Å². The van der Waals surface area contributed by atoms with Crippen LogP contribution in [0.1, 0.15) is 49.0 Å². The maximum atomic E-state index is 4.61. The fraction of sp³-hybridized carbons (Fsp3) is 0.769. The topological polar surface area (TPSA) is 28.2 Å². The predicted molar refractivity (Wildman–Crippen MR) is 73.7 cm³/mol. The number of rotatable bonds is 4. The zero-order chi connectivity index (χ0) is 12.4. The number of likely N-dealkylation sites (tertiary alicyclic amines) is 1. The Kier molecular flexibility index (Phi) is 4.17. The van der Waals surface area contributed by atoms with Gasteiger partial charge in [-0.15, -0.1) is 11.3 Å². The van der Waals surface area contributed by atoms with E-state index in [9.17, 15) is 0 Å². The smallest absolute Gasteiger partial charge is 0.0972 e. The van der Waals surface area contributed by atoms with E-state index in [-0.39, 0.29) is 0 Å². The maximum absolute atomic E-state index is 4.61. The molecule has 0 aliphatic carbocycles. The quantitative estimate of drug-likeness (QED) is 0.894. The predicted octanol–water partition coefficient (Wildman–Crippen LogP) is 2.62. The molecule has 1 fully saturated rings. The third kappa shape index (κ3) is 2.87. The lowest BCUT2D eigenvalue weighted by Crippen LogP contribution is -2.27. The zero-order valence-electron chi connectivity index (χ0n) is 11.2. The Labute approximate surface area is 108 Å². The summed E-state index contributed by atoms with van der Waals surface area (Å²) in [7, 11) is 2.00. The molecule has 0 bridgehead atoms. The molecule has 0 spiro atoms. The van der Waals surface area contributed by atoms with Crippen LogP contribution in [0.15, 0.2) is 6.20 Å². The van der Waals surface area contributed by atoms with Gasteiger partial charge >= 0.3 is 0 Å². The molecule has 1 aromatic heterocycles. The second-order valence-electron chi connectivity index (χ2n) is 5.19. The largest absolute Gasteiger partial charge is 0.312 e. The fourth-order valence-electron chi connectivity index (χ4n) is 2.29. The number of thiazole rings is 1. The first-order chi connectivity index (χ1) is 8.11. The van der Waals surface area contributed by atoms with E-state index >= 15 is 0 Å². The molecule has 1 N–H and O–H groups in total. The number of hydrogen-bond donors (Lipinski definition) is 1. The molecule has 0 radical (unpaired) electrons. The van der Waals surface area contributed by atoms with E-state index < -0.39 is 0 Å². The first-order valence-electron chi connectivity index (χ1n) is 6.48. The van der Waals surface area contributed by atoms with E-state index in [1.807, 2.05) is 24.6 Å². The summed E-state index contributed by atoms with van der Waals surface area (Å²) in [6, 6.07) is 1.08. The Hall–Kier alpha value is -0.450. The van der Waals surface area contributed by atoms with E-state index in [1.165, 1.54) is 29.4 Å². The molecule has 2 heterocycles. The van der Waals surface area contributed by atoms with Crippen molar-refractivity contribution in [3.63, 3.8) is 0 Å². The van der Waals surface area contributed by atoms with Crippen LogP contribution in [0.3, 0.4) is 0 Å². The zero-order valence-corrected chi connectivity index (χ0v) is 12.0. The highest BCUT2D eigenvalue weighted by molar-refractivity contribution is 7.11. The lowest BCUT2D eigenvalue weighted by atomic mass is 10.1. The Bertz CT molecular complexity index is 361. The number of aromatic nitrogens is 1. The van der Waals surface area contributed by atoms with Crippen LogP contribution in [0.4, 0.5) is 0 Å². The van der Waals surface area contributed by atoms with Crippen LogP contribution >= 0.6 is 11.3 Å². The Morgan fingerprint density at radius 3 is 2.82 bits per heavy atom. The molecule has 3 nitrogen and oxygen atoms in total. The number of hydrogen-bond acceptors (Lipinski definition) is 4. The van der Waals surface area contributed by atoms with Gasteiger partial charge in [-0.3, -0.25) is 0 Å². The van der Waals surface area contributed by atoms with Crippen molar-refractivity contribution in [3.8, 4) is 0 Å². The molecule has 0 aromatic carbocycles. The molecule has 1 aliphatic rings. The normalized spacial score (nSPS) is 23.5. The van der Waals surface area contributed by atoms with Crippen LogP contribution < -0.4 is 5.32 Å². The van der Waals surface area contributed by atoms with Gasteiger partial charge in [0.05, 0.1) is 5.01 Å². The Morgan fingerprint density at radius 1 is 1.47 bits per heavy atom. The Balaban J connectivity index is 2.02. The van der Waals surface area contributed by atoms with Gasteiger partial charge in [0.1, 0.15) is 0 Å². The minimum atomic E-state index is 0.420. The van der Waals surface area contributed by atoms with E-state index in [4.69, 9.17) is 0 Å². The minimum absolute atomic E-state index is 0.420. The summed E-state index contributed by atoms with van der Waals surface area (Å²) in [5.74, 6) is 0.653. The van der Waals surface area contributed by atoms with Crippen molar-refractivity contribution in [1.82, 2.24) is 15.2 Å². The van der Waals surface area contributed by atoms with Gasteiger partial charge in [0.15, 0.2) is 0 Å². The van der Waals surface area contributed by atoms with Crippen LogP contribution in [0, 0.1) is 0 Å². The van der Waals surface area contributed by atoms with E-state index in [0.717, 1.165) is 0 Å². The second-order valence-corrected chi connectivity index (χ2v) is 6.28. The van der Waals surface area contributed by atoms with Crippen molar-refractivity contribution in [3.05, 3.63) is 16.1 Å². The monoisotopic (exact) mass is 253 g/mol. The molecule has 0 saturated carbocycles. The third-order valence-electron chi connectivity index (χ3n) is 3.70. The lowest BCUT2D eigenvalue weighted by Gasteiger charge is -2.19. The summed E-state index contributed by atoms with van der Waals surface area (Å²) in [5, 5.41) is 4.60. The molecule has 1 saturated heterocycles. The highest BCUT2D eigenvalue weighted by atomic mass is 32.1. The van der Waals surface area contributed by atoms with E-state index in [0.29, 0.717) is 18.0 Å². The van der Waals surface area contributed by atoms with Crippen molar-refractivity contribution >= 4 is 11.3 Å². The van der Waals surface area contributed by atoms with Crippen LogP contribution in [-0.2, 0) is 0 Å². The van der Waals surface area contributed by atoms with Crippen molar-refractivity contribution in [2.24, 2.45) is 0 Å². The van der Waals surface area contributed by atoms with Crippen molar-refractivity contribution < 1.29 is 0 Å². The third-order valence-corrected chi connectivity index (χ3v) is 5.04. The number of nitrogens with one attached hydrogen (secondary N) is 1. The summed E-state index contributed by atoms with van der Waals surface area (Å²) >= 11 is 1.88. The first-order valence-corrected chi connectivity index (χ1v) is 7.30. The molecule has 2 rings (SSSR count). The molecular weight excluding hydrogens is 230 g/mol. The number of nitrogens with zero attached hydrogens (tertiary/aromatic N) is 2. The van der Waals surface area contributed by atoms with E-state index in [2.05, 4.69) is 36.0 Å². The summed E-state index contributed by atoms with van der Waals surface area (Å²) in [6.07, 6.45) is 3.30. The standard InChI is InChI=1S/C13H23N3S/c1-9(2)16-6-5-11(8-16)13-15-7-12(17-13)10(3)14-4/h7,9-11,14H,5-6,8H2,1-4H3. The van der Waals surface area contributed by atoms with Crippen LogP contribution in [0.5, 0.6) is 0 Å². The summed E-state index contributed by atoms with van der Waals surface area (Å²) < 4.78 is 0. The molecule has 4 heteroatoms. The van der Waals surface area contributed by atoms with Crippen molar-refractivity contribution in [2.75, 3.05) is 20.1 Å². The van der Waals surface area contributed by atoms with E-state index in [1.54, 1.807) is 0 Å². The first kappa shape index (κ1) is 13.0. The lowest BCUT2D eigenvalue weighted by molar-refractivity contribution is 0.272. The average molecular weight is 253 g/mol. The second kappa shape index (κ2) is 5.46. The highest BCUT2D eigenvalue weighted by Gasteiger charge is 2.27. The van der Waals surface area contributed by atoms with Gasteiger partial charge in [0.25, 0.3) is 0 Å². The van der Waals surface area contributed by atoms with Crippen LogP contribution in [-0.4, -0.2) is 36.1 Å². The molecule has 2 unspecified atom stereocenters. The van der Waals surface area contributed by atoms with Gasteiger partial charge < -0.3 is 10.2 Å². The van der Waals surface area contributed by atoms with Crippen LogP contribution in [0.2, 0.25) is 0 Å². The molecule has 17 heavy (non-hydrogen) atoms. The molecular formula is C13H23N3S. The SMILES string of the molecule is CNC(C)c1cnc(C2CCN(C(C)C)C2)s1. The Morgan fingerprint density at radius 2 is 2.24 bits per heavy atom.